The molecule has 1 rings (SSSR count). The molecule has 0 spiro atoms. The highest BCUT2D eigenvalue weighted by atomic mass is 79.9. The Bertz CT molecular complexity index is 193. The van der Waals surface area contributed by atoms with Gasteiger partial charge in [0.1, 0.15) is 0 Å². The van der Waals surface area contributed by atoms with Gasteiger partial charge in [-0.2, -0.15) is 0 Å². The van der Waals surface area contributed by atoms with E-state index in [1.807, 2.05) is 0 Å². The highest BCUT2D eigenvalue weighted by Gasteiger charge is 2.36. The van der Waals surface area contributed by atoms with Crippen molar-refractivity contribution in [2.24, 2.45) is 11.8 Å². The first-order chi connectivity index (χ1) is 6.99. The Hall–Kier alpha value is 0.440. The molecule has 0 bridgehead atoms. The van der Waals surface area contributed by atoms with Crippen LogP contribution in [0, 0.1) is 11.8 Å². The number of hydrogen-bond donors (Lipinski definition) is 0. The van der Waals surface area contributed by atoms with Gasteiger partial charge in [0, 0.05) is 5.33 Å². The van der Waals surface area contributed by atoms with Crippen molar-refractivity contribution in [1.29, 1.82) is 0 Å². The minimum absolute atomic E-state index is 0.112. The fourth-order valence-electron chi connectivity index (χ4n) is 2.40. The van der Waals surface area contributed by atoms with Gasteiger partial charge in [-0.25, -0.2) is 0 Å². The maximum Gasteiger partial charge on any atom is 0.0785 e. The minimum Gasteiger partial charge on any atom is -0.371 e. The molecule has 3 atom stereocenters. The second-order valence-corrected chi connectivity index (χ2v) is 6.15. The van der Waals surface area contributed by atoms with Crippen LogP contribution in [0.3, 0.4) is 0 Å². The van der Waals surface area contributed by atoms with Crippen LogP contribution in [0.2, 0.25) is 0 Å². The fourth-order valence-corrected chi connectivity index (χ4v) is 3.04. The van der Waals surface area contributed by atoms with Crippen LogP contribution in [0.15, 0.2) is 0 Å². The summed E-state index contributed by atoms with van der Waals surface area (Å²) in [5.74, 6) is 1.42. The summed E-state index contributed by atoms with van der Waals surface area (Å²) >= 11 is 3.65. The van der Waals surface area contributed by atoms with E-state index in [2.05, 4.69) is 43.6 Å². The van der Waals surface area contributed by atoms with Crippen LogP contribution < -0.4 is 0 Å². The summed E-state index contributed by atoms with van der Waals surface area (Å²) in [6.45, 7) is 9.02. The van der Waals surface area contributed by atoms with E-state index in [4.69, 9.17) is 4.74 Å². The number of alkyl halides is 1. The monoisotopic (exact) mass is 276 g/mol. The van der Waals surface area contributed by atoms with Crippen LogP contribution in [0.4, 0.5) is 0 Å². The Balaban J connectivity index is 2.59. The van der Waals surface area contributed by atoms with Crippen molar-refractivity contribution in [2.75, 3.05) is 5.33 Å². The topological polar surface area (TPSA) is 9.23 Å². The lowest BCUT2D eigenvalue weighted by Gasteiger charge is -2.41. The maximum absolute atomic E-state index is 6.31. The van der Waals surface area contributed by atoms with Crippen molar-refractivity contribution < 1.29 is 4.74 Å². The number of rotatable bonds is 4. The summed E-state index contributed by atoms with van der Waals surface area (Å²) in [4.78, 5) is 0. The van der Waals surface area contributed by atoms with Gasteiger partial charge >= 0.3 is 0 Å². The largest absolute Gasteiger partial charge is 0.371 e. The van der Waals surface area contributed by atoms with Crippen LogP contribution in [0.25, 0.3) is 0 Å². The summed E-state index contributed by atoms with van der Waals surface area (Å²) in [7, 11) is 0. The average Bonchev–Trinajstić information content (AvgIpc) is 2.17. The summed E-state index contributed by atoms with van der Waals surface area (Å²) in [6, 6.07) is 0. The first-order valence-electron chi connectivity index (χ1n) is 6.23. The van der Waals surface area contributed by atoms with Gasteiger partial charge in [-0.1, -0.05) is 49.5 Å². The lowest BCUT2D eigenvalue weighted by molar-refractivity contribution is -0.114. The molecule has 1 aliphatic carbocycles. The van der Waals surface area contributed by atoms with E-state index in [1.54, 1.807) is 0 Å². The summed E-state index contributed by atoms with van der Waals surface area (Å²) in [6.07, 6.45) is 5.49. The Morgan fingerprint density at radius 1 is 1.40 bits per heavy atom. The first kappa shape index (κ1) is 13.5. The quantitative estimate of drug-likeness (QED) is 0.692. The molecule has 0 saturated heterocycles. The molecular weight excluding hydrogens is 252 g/mol. The van der Waals surface area contributed by atoms with E-state index in [0.717, 1.165) is 11.2 Å². The van der Waals surface area contributed by atoms with Crippen LogP contribution in [0.1, 0.15) is 53.4 Å². The van der Waals surface area contributed by atoms with E-state index >= 15 is 0 Å². The molecule has 0 aromatic rings. The van der Waals surface area contributed by atoms with Gasteiger partial charge in [-0.05, 0) is 31.6 Å². The SMILES string of the molecule is CC1CCCC(CBr)(OC(C)C(C)C)C1. The van der Waals surface area contributed by atoms with E-state index in [1.165, 1.54) is 25.7 Å². The van der Waals surface area contributed by atoms with Gasteiger partial charge in [-0.3, -0.25) is 0 Å². The maximum atomic E-state index is 6.31. The van der Waals surface area contributed by atoms with Gasteiger partial charge in [0.25, 0.3) is 0 Å². The fraction of sp³-hybridized carbons (Fsp3) is 1.00. The molecule has 0 aromatic heterocycles. The molecule has 0 radical (unpaired) electrons. The molecule has 1 nitrogen and oxygen atoms in total. The van der Waals surface area contributed by atoms with Crippen molar-refractivity contribution in [1.82, 2.24) is 0 Å². The highest BCUT2D eigenvalue weighted by Crippen LogP contribution is 2.38. The van der Waals surface area contributed by atoms with Gasteiger partial charge in [-0.15, -0.1) is 0 Å². The summed E-state index contributed by atoms with van der Waals surface area (Å²) in [5.41, 5.74) is 0.112. The van der Waals surface area contributed by atoms with Gasteiger partial charge in [0.2, 0.25) is 0 Å². The average molecular weight is 277 g/mol. The van der Waals surface area contributed by atoms with E-state index in [-0.39, 0.29) is 5.60 Å². The number of ether oxygens (including phenoxy) is 1. The first-order valence-corrected chi connectivity index (χ1v) is 7.35. The molecule has 90 valence electrons. The second kappa shape index (κ2) is 5.67. The molecule has 1 saturated carbocycles. The minimum atomic E-state index is 0.112. The van der Waals surface area contributed by atoms with E-state index < -0.39 is 0 Å². The molecule has 15 heavy (non-hydrogen) atoms. The van der Waals surface area contributed by atoms with Crippen molar-refractivity contribution in [3.8, 4) is 0 Å². The molecular formula is C13H25BrO. The van der Waals surface area contributed by atoms with Gasteiger partial charge < -0.3 is 4.74 Å². The summed E-state index contributed by atoms with van der Waals surface area (Å²) in [5, 5.41) is 0.988. The van der Waals surface area contributed by atoms with E-state index in [9.17, 15) is 0 Å². The smallest absolute Gasteiger partial charge is 0.0785 e. The molecule has 0 aromatic carbocycles. The normalized spacial score (nSPS) is 34.4. The molecule has 0 N–H and O–H groups in total. The van der Waals surface area contributed by atoms with Crippen molar-refractivity contribution in [3.63, 3.8) is 0 Å². The molecule has 0 aliphatic heterocycles. The van der Waals surface area contributed by atoms with Crippen molar-refractivity contribution in [3.05, 3.63) is 0 Å². The van der Waals surface area contributed by atoms with E-state index in [0.29, 0.717) is 12.0 Å². The Kier molecular flexibility index (Phi) is 5.11. The van der Waals surface area contributed by atoms with Crippen LogP contribution >= 0.6 is 15.9 Å². The molecule has 0 heterocycles. The van der Waals surface area contributed by atoms with Crippen LogP contribution in [-0.2, 0) is 4.74 Å². The predicted octanol–water partition coefficient (Wildman–Crippen LogP) is 4.39. The highest BCUT2D eigenvalue weighted by molar-refractivity contribution is 9.09. The standard InChI is InChI=1S/C13H25BrO/c1-10(2)12(4)15-13(9-14)7-5-6-11(3)8-13/h10-12H,5-9H2,1-4H3. The molecule has 2 heteroatoms. The third-order valence-corrected chi connectivity index (χ3v) is 4.69. The van der Waals surface area contributed by atoms with Crippen LogP contribution in [-0.4, -0.2) is 17.0 Å². The Morgan fingerprint density at radius 3 is 2.53 bits per heavy atom. The lowest BCUT2D eigenvalue weighted by Crippen LogP contribution is -2.43. The Labute approximate surface area is 103 Å². The van der Waals surface area contributed by atoms with Gasteiger partial charge in [0.05, 0.1) is 11.7 Å². The Morgan fingerprint density at radius 2 is 2.07 bits per heavy atom. The van der Waals surface area contributed by atoms with Crippen molar-refractivity contribution in [2.45, 2.75) is 65.1 Å². The number of halogens is 1. The zero-order chi connectivity index (χ0) is 11.5. The predicted molar refractivity (Wildman–Crippen MR) is 69.5 cm³/mol. The molecule has 1 fully saturated rings. The van der Waals surface area contributed by atoms with Crippen LogP contribution in [0.5, 0.6) is 0 Å². The number of hydrogen-bond acceptors (Lipinski definition) is 1. The second-order valence-electron chi connectivity index (χ2n) is 5.59. The molecule has 1 aliphatic rings. The molecule has 0 amide bonds. The molecule has 3 unspecified atom stereocenters. The third kappa shape index (κ3) is 3.74. The summed E-state index contributed by atoms with van der Waals surface area (Å²) < 4.78 is 6.31. The zero-order valence-electron chi connectivity index (χ0n) is 10.6. The van der Waals surface area contributed by atoms with Crippen molar-refractivity contribution >= 4 is 15.9 Å². The third-order valence-electron chi connectivity index (χ3n) is 3.67. The zero-order valence-corrected chi connectivity index (χ0v) is 12.1. The van der Waals surface area contributed by atoms with Gasteiger partial charge in [0.15, 0.2) is 0 Å². The lowest BCUT2D eigenvalue weighted by atomic mass is 9.79.